The summed E-state index contributed by atoms with van der Waals surface area (Å²) in [7, 11) is 0. The van der Waals surface area contributed by atoms with Crippen molar-refractivity contribution >= 4 is 17.6 Å². The Morgan fingerprint density at radius 3 is 1.41 bits per heavy atom. The van der Waals surface area contributed by atoms with Crippen molar-refractivity contribution in [3.05, 3.63) is 180 Å². The Hall–Kier alpha value is -5.72. The van der Waals surface area contributed by atoms with Gasteiger partial charge in [0, 0.05) is 5.88 Å². The average molecular weight is 697 g/mol. The lowest BCUT2D eigenvalue weighted by atomic mass is 9.68. The Kier molecular flexibility index (Phi) is 10.5. The van der Waals surface area contributed by atoms with Gasteiger partial charge in [-0.25, -0.2) is 0 Å². The Labute approximate surface area is 303 Å². The third kappa shape index (κ3) is 7.42. The predicted octanol–water partition coefficient (Wildman–Crippen LogP) is 9.46. The van der Waals surface area contributed by atoms with Crippen LogP contribution in [0.5, 0.6) is 23.0 Å². The molecule has 0 saturated carbocycles. The van der Waals surface area contributed by atoms with E-state index in [0.29, 0.717) is 17.2 Å². The molecule has 1 aliphatic carbocycles. The minimum Gasteiger partial charge on any atom is -0.490 e. The topological polar surface area (TPSA) is 63.2 Å². The van der Waals surface area contributed by atoms with Gasteiger partial charge in [-0.1, -0.05) is 109 Å². The van der Waals surface area contributed by atoms with Crippen LogP contribution in [0.2, 0.25) is 0 Å². The number of rotatable bonds is 15. The number of carbonyl (C=O) groups is 1. The molecule has 0 fully saturated rings. The number of hydrogen-bond donors (Lipinski definition) is 0. The van der Waals surface area contributed by atoms with Crippen LogP contribution in [-0.2, 0) is 14.9 Å². The molecule has 6 nitrogen and oxygen atoms in total. The molecule has 7 heteroatoms. The SMILES string of the molecule is O=C(CCCl)OC(COc1ccccc1)COc1ccc(C2(c3ccc(OCOc4ccccc4)cc3)c3ccccc3-c3ccccc32)cc1. The first-order valence-corrected chi connectivity index (χ1v) is 17.5. The second kappa shape index (κ2) is 15.9. The largest absolute Gasteiger partial charge is 0.490 e. The second-order valence-corrected chi connectivity index (χ2v) is 12.5. The fraction of sp³-hybridized carbons (Fsp3) is 0.159. The molecule has 1 unspecified atom stereocenters. The van der Waals surface area contributed by atoms with Gasteiger partial charge in [-0.2, -0.15) is 0 Å². The molecule has 6 aromatic carbocycles. The number of benzene rings is 6. The van der Waals surface area contributed by atoms with Gasteiger partial charge in [-0.15, -0.1) is 11.6 Å². The summed E-state index contributed by atoms with van der Waals surface area (Å²) in [4.78, 5) is 12.3. The number of alkyl halides is 1. The van der Waals surface area contributed by atoms with Crippen LogP contribution in [0.4, 0.5) is 0 Å². The highest BCUT2D eigenvalue weighted by molar-refractivity contribution is 6.18. The number of fused-ring (bicyclic) bond motifs is 3. The van der Waals surface area contributed by atoms with Crippen molar-refractivity contribution in [1.82, 2.24) is 0 Å². The molecule has 51 heavy (non-hydrogen) atoms. The van der Waals surface area contributed by atoms with E-state index < -0.39 is 17.5 Å². The predicted molar refractivity (Wildman–Crippen MR) is 199 cm³/mol. The van der Waals surface area contributed by atoms with E-state index in [2.05, 4.69) is 72.8 Å². The van der Waals surface area contributed by atoms with Crippen molar-refractivity contribution in [2.45, 2.75) is 17.9 Å². The smallest absolute Gasteiger partial charge is 0.307 e. The second-order valence-electron chi connectivity index (χ2n) is 12.1. The molecule has 7 rings (SSSR count). The van der Waals surface area contributed by atoms with Gasteiger partial charge in [0.05, 0.1) is 11.8 Å². The van der Waals surface area contributed by atoms with Crippen molar-refractivity contribution in [2.24, 2.45) is 0 Å². The van der Waals surface area contributed by atoms with E-state index in [-0.39, 0.29) is 32.3 Å². The maximum atomic E-state index is 12.3. The Balaban J connectivity index is 1.15. The van der Waals surface area contributed by atoms with Crippen molar-refractivity contribution < 1.29 is 28.5 Å². The van der Waals surface area contributed by atoms with Crippen molar-refractivity contribution in [2.75, 3.05) is 25.9 Å². The number of carbonyl (C=O) groups excluding carboxylic acids is 1. The summed E-state index contributed by atoms with van der Waals surface area (Å²) < 4.78 is 29.5. The molecule has 0 bridgehead atoms. The molecule has 0 aromatic heterocycles. The van der Waals surface area contributed by atoms with Crippen LogP contribution < -0.4 is 18.9 Å². The normalized spacial score (nSPS) is 13.0. The minimum atomic E-state index is -0.626. The molecule has 1 aliphatic rings. The number of hydrogen-bond acceptors (Lipinski definition) is 6. The van der Waals surface area contributed by atoms with Crippen LogP contribution in [0, 0.1) is 0 Å². The first-order chi connectivity index (χ1) is 25.1. The third-order valence-electron chi connectivity index (χ3n) is 8.93. The van der Waals surface area contributed by atoms with Gasteiger partial charge in [-0.3, -0.25) is 4.79 Å². The molecule has 1 atom stereocenters. The Bertz CT molecular complexity index is 1990. The van der Waals surface area contributed by atoms with Crippen LogP contribution >= 0.6 is 11.6 Å². The van der Waals surface area contributed by atoms with E-state index >= 15 is 0 Å². The van der Waals surface area contributed by atoms with Gasteiger partial charge in [0.15, 0.2) is 6.10 Å². The van der Waals surface area contributed by atoms with E-state index in [1.165, 1.54) is 22.3 Å². The van der Waals surface area contributed by atoms with E-state index in [4.69, 9.17) is 35.3 Å². The molecule has 0 heterocycles. The number of halogens is 1. The summed E-state index contributed by atoms with van der Waals surface area (Å²) in [6.45, 7) is 0.365. The molecular formula is C44H37ClO6. The Morgan fingerprint density at radius 1 is 0.510 bits per heavy atom. The fourth-order valence-electron chi connectivity index (χ4n) is 6.64. The zero-order chi connectivity index (χ0) is 34.9. The van der Waals surface area contributed by atoms with Crippen molar-refractivity contribution in [3.63, 3.8) is 0 Å². The van der Waals surface area contributed by atoms with Crippen LogP contribution in [0.25, 0.3) is 11.1 Å². The van der Waals surface area contributed by atoms with Gasteiger partial charge in [0.1, 0.15) is 36.2 Å². The van der Waals surface area contributed by atoms with Crippen LogP contribution in [0.1, 0.15) is 28.7 Å². The zero-order valence-corrected chi connectivity index (χ0v) is 28.7. The number of para-hydroxylation sites is 2. The summed E-state index contributed by atoms with van der Waals surface area (Å²) >= 11 is 5.79. The van der Waals surface area contributed by atoms with Crippen molar-refractivity contribution in [3.8, 4) is 34.1 Å². The lowest BCUT2D eigenvalue weighted by Gasteiger charge is -2.34. The van der Waals surface area contributed by atoms with E-state index in [1.54, 1.807) is 0 Å². The minimum absolute atomic E-state index is 0.104. The molecule has 6 aromatic rings. The van der Waals surface area contributed by atoms with Gasteiger partial charge in [-0.05, 0) is 81.9 Å². The zero-order valence-electron chi connectivity index (χ0n) is 28.0. The summed E-state index contributed by atoms with van der Waals surface area (Å²) in [6.07, 6.45) is -0.517. The molecule has 0 saturated heterocycles. The summed E-state index contributed by atoms with van der Waals surface area (Å²) in [5.41, 5.74) is 6.40. The lowest BCUT2D eigenvalue weighted by molar-refractivity contribution is -0.151. The maximum absolute atomic E-state index is 12.3. The van der Waals surface area contributed by atoms with Crippen LogP contribution in [0.3, 0.4) is 0 Å². The van der Waals surface area contributed by atoms with Gasteiger partial charge in [0.25, 0.3) is 0 Å². The third-order valence-corrected chi connectivity index (χ3v) is 9.12. The van der Waals surface area contributed by atoms with E-state index in [0.717, 1.165) is 16.9 Å². The van der Waals surface area contributed by atoms with Gasteiger partial charge >= 0.3 is 5.97 Å². The van der Waals surface area contributed by atoms with Crippen LogP contribution in [0.15, 0.2) is 158 Å². The van der Waals surface area contributed by atoms with Gasteiger partial charge < -0.3 is 23.7 Å². The molecule has 0 radical (unpaired) electrons. The molecule has 0 N–H and O–H groups in total. The molecular weight excluding hydrogens is 660 g/mol. The standard InChI is InChI=1S/C44H37ClO6/c45-28-27-43(46)51-38(29-47-34-11-3-1-4-12-34)30-48-36-23-19-32(20-24-36)44(41-17-9-7-15-39(41)40-16-8-10-18-42(40)44)33-21-25-37(26-22-33)50-31-49-35-13-5-2-6-14-35/h1-26,38H,27-31H2. The fourth-order valence-corrected chi connectivity index (χ4v) is 6.80. The Morgan fingerprint density at radius 2 is 0.922 bits per heavy atom. The summed E-state index contributed by atoms with van der Waals surface area (Å²) in [5, 5.41) is 0. The van der Waals surface area contributed by atoms with Gasteiger partial charge in [0.2, 0.25) is 6.79 Å². The lowest BCUT2D eigenvalue weighted by Crippen LogP contribution is -2.31. The molecule has 256 valence electrons. The monoisotopic (exact) mass is 696 g/mol. The van der Waals surface area contributed by atoms with Crippen molar-refractivity contribution in [1.29, 1.82) is 0 Å². The first-order valence-electron chi connectivity index (χ1n) is 16.9. The highest BCUT2D eigenvalue weighted by Crippen LogP contribution is 2.56. The number of ether oxygens (including phenoxy) is 5. The van der Waals surface area contributed by atoms with Crippen LogP contribution in [-0.4, -0.2) is 38.0 Å². The quantitative estimate of drug-likeness (QED) is 0.0605. The first kappa shape index (κ1) is 33.8. The molecule has 0 amide bonds. The highest BCUT2D eigenvalue weighted by atomic mass is 35.5. The average Bonchev–Trinajstić information content (AvgIpc) is 3.48. The summed E-state index contributed by atoms with van der Waals surface area (Å²) in [5.74, 6) is 2.58. The maximum Gasteiger partial charge on any atom is 0.307 e. The molecule has 0 spiro atoms. The molecule has 0 aliphatic heterocycles. The summed E-state index contributed by atoms with van der Waals surface area (Å²) in [6, 6.07) is 52.6. The highest BCUT2D eigenvalue weighted by Gasteiger charge is 2.45. The van der Waals surface area contributed by atoms with E-state index in [1.807, 2.05) is 84.9 Å². The number of esters is 1. The van der Waals surface area contributed by atoms with E-state index in [9.17, 15) is 4.79 Å².